The molecule has 6 nitrogen and oxygen atoms in total. The van der Waals surface area contributed by atoms with E-state index in [1.807, 2.05) is 0 Å². The number of nitrogens with zero attached hydrogens (tertiary/aromatic N) is 1. The Labute approximate surface area is 144 Å². The van der Waals surface area contributed by atoms with Crippen molar-refractivity contribution in [2.45, 2.75) is 35.7 Å². The molecule has 1 aromatic rings. The summed E-state index contributed by atoms with van der Waals surface area (Å²) in [6.45, 7) is -0.0498. The highest BCUT2D eigenvalue weighted by Crippen LogP contribution is 2.55. The number of nitrogens with one attached hydrogen (secondary N) is 1. The van der Waals surface area contributed by atoms with Gasteiger partial charge in [-0.1, -0.05) is 12.1 Å². The minimum Gasteiger partial charge on any atom is -0.391 e. The van der Waals surface area contributed by atoms with Crippen LogP contribution in [0.3, 0.4) is 0 Å². The number of benzene rings is 1. The molecule has 2 aliphatic rings. The fourth-order valence-electron chi connectivity index (χ4n) is 3.15. The number of alkyl halides is 2. The van der Waals surface area contributed by atoms with Crippen molar-refractivity contribution in [3.63, 3.8) is 0 Å². The number of halogens is 2. The third-order valence-corrected chi connectivity index (χ3v) is 6.69. The van der Waals surface area contributed by atoms with Crippen LogP contribution in [0.2, 0.25) is 0 Å². The van der Waals surface area contributed by atoms with Crippen LogP contribution in [-0.2, 0) is 14.8 Å². The fourth-order valence-corrected chi connectivity index (χ4v) is 4.66. The zero-order valence-corrected chi connectivity index (χ0v) is 14.5. The Hall–Kier alpha value is -1.58. The van der Waals surface area contributed by atoms with E-state index in [0.717, 1.165) is 4.31 Å². The second kappa shape index (κ2) is 6.30. The van der Waals surface area contributed by atoms with E-state index >= 15 is 0 Å². The minimum absolute atomic E-state index is 0.00647. The van der Waals surface area contributed by atoms with E-state index in [4.69, 9.17) is 0 Å². The molecule has 1 amide bonds. The van der Waals surface area contributed by atoms with Crippen LogP contribution in [0.4, 0.5) is 8.78 Å². The molecule has 0 spiro atoms. The summed E-state index contributed by atoms with van der Waals surface area (Å²) < 4.78 is 52.7. The minimum atomic E-state index is -3.84. The Bertz CT molecular complexity index is 767. The lowest BCUT2D eigenvalue weighted by Gasteiger charge is -2.16. The first-order valence-electron chi connectivity index (χ1n) is 8.01. The van der Waals surface area contributed by atoms with Crippen LogP contribution < -0.4 is 5.32 Å². The maximum atomic E-state index is 13.1. The maximum Gasteiger partial charge on any atom is 0.255 e. The standard InChI is InChI=1S/C16H20F2N2O4S/c1-19-15(22)6-11-8-20(9-14(11)21)25(23,24)12-4-2-10(3-5-12)13-7-16(13,17)18/h2-5,11,13-14,21H,6-9H2,1H3,(H,19,22)/t11-,13?,14-/m1/s1. The lowest BCUT2D eigenvalue weighted by molar-refractivity contribution is -0.122. The Kier molecular flexibility index (Phi) is 4.59. The summed E-state index contributed by atoms with van der Waals surface area (Å²) in [4.78, 5) is 11.4. The topological polar surface area (TPSA) is 86.7 Å². The molecular weight excluding hydrogens is 354 g/mol. The Morgan fingerprint density at radius 3 is 2.44 bits per heavy atom. The van der Waals surface area contributed by atoms with E-state index in [-0.39, 0.29) is 36.7 Å². The molecule has 2 N–H and O–H groups in total. The van der Waals surface area contributed by atoms with E-state index in [9.17, 15) is 27.1 Å². The molecule has 0 bridgehead atoms. The number of amides is 1. The van der Waals surface area contributed by atoms with Gasteiger partial charge in [0.2, 0.25) is 15.9 Å². The third kappa shape index (κ3) is 3.54. The van der Waals surface area contributed by atoms with Gasteiger partial charge in [0, 0.05) is 38.9 Å². The van der Waals surface area contributed by atoms with Gasteiger partial charge in [0.25, 0.3) is 5.92 Å². The van der Waals surface area contributed by atoms with E-state index < -0.39 is 33.9 Å². The SMILES string of the molecule is CNC(=O)C[C@@H]1CN(S(=O)(=O)c2ccc(C3CC3(F)F)cc2)C[C@H]1O. The predicted octanol–water partition coefficient (Wildman–Crippen LogP) is 0.927. The second-order valence-electron chi connectivity index (χ2n) is 6.61. The molecule has 0 aromatic heterocycles. The summed E-state index contributed by atoms with van der Waals surface area (Å²) in [7, 11) is -2.37. The first-order valence-corrected chi connectivity index (χ1v) is 9.45. The highest BCUT2D eigenvalue weighted by Gasteiger charge is 2.57. The molecular formula is C16H20F2N2O4S. The van der Waals surface area contributed by atoms with Gasteiger partial charge >= 0.3 is 0 Å². The summed E-state index contributed by atoms with van der Waals surface area (Å²) in [5.41, 5.74) is 0.419. The quantitative estimate of drug-likeness (QED) is 0.803. The summed E-state index contributed by atoms with van der Waals surface area (Å²) in [6, 6.07) is 5.45. The first kappa shape index (κ1) is 18.2. The summed E-state index contributed by atoms with van der Waals surface area (Å²) in [6.07, 6.45) is -1.09. The predicted molar refractivity (Wildman–Crippen MR) is 85.7 cm³/mol. The van der Waals surface area contributed by atoms with Crippen LogP contribution in [0.1, 0.15) is 24.3 Å². The molecule has 1 unspecified atom stereocenters. The van der Waals surface area contributed by atoms with Gasteiger partial charge in [0.1, 0.15) is 0 Å². The van der Waals surface area contributed by atoms with E-state index in [2.05, 4.69) is 5.32 Å². The molecule has 1 aliphatic heterocycles. The molecule has 2 fully saturated rings. The first-order chi connectivity index (χ1) is 11.6. The maximum absolute atomic E-state index is 13.1. The van der Waals surface area contributed by atoms with Crippen molar-refractivity contribution < 1.29 is 27.1 Å². The molecule has 1 saturated heterocycles. The van der Waals surface area contributed by atoms with Gasteiger partial charge in [0.05, 0.1) is 16.9 Å². The van der Waals surface area contributed by atoms with Crippen LogP contribution in [0.5, 0.6) is 0 Å². The van der Waals surface area contributed by atoms with E-state index in [0.29, 0.717) is 5.56 Å². The molecule has 25 heavy (non-hydrogen) atoms. The molecule has 1 aliphatic carbocycles. The van der Waals surface area contributed by atoms with E-state index in [1.54, 1.807) is 0 Å². The van der Waals surface area contributed by atoms with Gasteiger partial charge in [-0.25, -0.2) is 17.2 Å². The summed E-state index contributed by atoms with van der Waals surface area (Å²) in [5, 5.41) is 12.5. The van der Waals surface area contributed by atoms with Gasteiger partial charge in [-0.05, 0) is 17.7 Å². The Morgan fingerprint density at radius 1 is 1.32 bits per heavy atom. The van der Waals surface area contributed by atoms with Crippen molar-refractivity contribution in [3.8, 4) is 0 Å². The smallest absolute Gasteiger partial charge is 0.255 e. The van der Waals surface area contributed by atoms with Crippen molar-refractivity contribution in [3.05, 3.63) is 29.8 Å². The van der Waals surface area contributed by atoms with Crippen molar-refractivity contribution in [2.24, 2.45) is 5.92 Å². The molecule has 1 heterocycles. The fraction of sp³-hybridized carbons (Fsp3) is 0.562. The molecule has 1 saturated carbocycles. The van der Waals surface area contributed by atoms with Gasteiger partial charge in [-0.15, -0.1) is 0 Å². The van der Waals surface area contributed by atoms with Crippen molar-refractivity contribution in [1.82, 2.24) is 9.62 Å². The van der Waals surface area contributed by atoms with Crippen LogP contribution in [0.25, 0.3) is 0 Å². The molecule has 3 atom stereocenters. The van der Waals surface area contributed by atoms with Crippen LogP contribution in [0, 0.1) is 5.92 Å². The third-order valence-electron chi connectivity index (χ3n) is 4.85. The number of carbonyl (C=O) groups is 1. The molecule has 3 rings (SSSR count). The monoisotopic (exact) mass is 374 g/mol. The van der Waals surface area contributed by atoms with Crippen molar-refractivity contribution in [1.29, 1.82) is 0 Å². The van der Waals surface area contributed by atoms with Crippen molar-refractivity contribution in [2.75, 3.05) is 20.1 Å². The highest BCUT2D eigenvalue weighted by atomic mass is 32.2. The molecule has 0 radical (unpaired) electrons. The summed E-state index contributed by atoms with van der Waals surface area (Å²) >= 11 is 0. The lowest BCUT2D eigenvalue weighted by atomic mass is 10.0. The van der Waals surface area contributed by atoms with Gasteiger partial charge in [-0.3, -0.25) is 4.79 Å². The summed E-state index contributed by atoms with van der Waals surface area (Å²) in [5.74, 6) is -4.28. The van der Waals surface area contributed by atoms with E-state index in [1.165, 1.54) is 31.3 Å². The Balaban J connectivity index is 1.72. The van der Waals surface area contributed by atoms with Crippen LogP contribution in [0.15, 0.2) is 29.2 Å². The highest BCUT2D eigenvalue weighted by molar-refractivity contribution is 7.89. The average molecular weight is 374 g/mol. The zero-order valence-electron chi connectivity index (χ0n) is 13.7. The number of hydrogen-bond acceptors (Lipinski definition) is 4. The largest absolute Gasteiger partial charge is 0.391 e. The van der Waals surface area contributed by atoms with Crippen LogP contribution >= 0.6 is 0 Å². The van der Waals surface area contributed by atoms with Crippen LogP contribution in [-0.4, -0.2) is 55.9 Å². The molecule has 138 valence electrons. The number of sulfonamides is 1. The number of carbonyl (C=O) groups excluding carboxylic acids is 1. The van der Waals surface area contributed by atoms with Gasteiger partial charge < -0.3 is 10.4 Å². The van der Waals surface area contributed by atoms with Gasteiger partial charge in [-0.2, -0.15) is 4.31 Å². The van der Waals surface area contributed by atoms with Crippen molar-refractivity contribution >= 4 is 15.9 Å². The number of aliphatic hydroxyl groups excluding tert-OH is 1. The second-order valence-corrected chi connectivity index (χ2v) is 8.55. The normalized spacial score (nSPS) is 28.7. The Morgan fingerprint density at radius 2 is 1.92 bits per heavy atom. The number of hydrogen-bond donors (Lipinski definition) is 2. The number of rotatable bonds is 5. The average Bonchev–Trinajstić information content (AvgIpc) is 3.05. The molecule has 1 aromatic carbocycles. The number of aliphatic hydroxyl groups is 1. The molecule has 9 heteroatoms. The number of β-amino-alcohol motifs (C(OH)–C–C–N with tert-alkyl or cyclic N) is 1. The lowest BCUT2D eigenvalue weighted by Crippen LogP contribution is -2.30. The zero-order chi connectivity index (χ0) is 18.4. The van der Waals surface area contributed by atoms with Gasteiger partial charge in [0.15, 0.2) is 0 Å².